The number of carbonyl (C=O) groups is 2. The summed E-state index contributed by atoms with van der Waals surface area (Å²) in [5.41, 5.74) is 0.0673. The van der Waals surface area contributed by atoms with Crippen molar-refractivity contribution in [2.24, 2.45) is 0 Å². The molecule has 0 fully saturated rings. The van der Waals surface area contributed by atoms with E-state index in [9.17, 15) is 18.0 Å². The SMILES string of the molecule is CCCCCCCCCCOC(=O)c1ccccc1C(=O)OCCS(=O)(=O)O. The van der Waals surface area contributed by atoms with Gasteiger partial charge in [0, 0.05) is 0 Å². The summed E-state index contributed by atoms with van der Waals surface area (Å²) >= 11 is 0. The van der Waals surface area contributed by atoms with Gasteiger partial charge in [-0.25, -0.2) is 9.59 Å². The lowest BCUT2D eigenvalue weighted by atomic mass is 10.1. The van der Waals surface area contributed by atoms with Crippen LogP contribution in [0.25, 0.3) is 0 Å². The number of hydrogen-bond acceptors (Lipinski definition) is 6. The lowest BCUT2D eigenvalue weighted by molar-refractivity contribution is 0.0463. The predicted octanol–water partition coefficient (Wildman–Crippen LogP) is 4.03. The highest BCUT2D eigenvalue weighted by Crippen LogP contribution is 2.13. The third-order valence-electron chi connectivity index (χ3n) is 4.17. The molecule has 1 aromatic carbocycles. The highest BCUT2D eigenvalue weighted by atomic mass is 32.2. The molecule has 158 valence electrons. The maximum absolute atomic E-state index is 12.2. The second-order valence-corrected chi connectivity index (χ2v) is 8.15. The van der Waals surface area contributed by atoms with Crippen molar-refractivity contribution < 1.29 is 32.0 Å². The number of rotatable bonds is 14. The predicted molar refractivity (Wildman–Crippen MR) is 106 cm³/mol. The first-order valence-corrected chi connectivity index (χ1v) is 11.3. The van der Waals surface area contributed by atoms with Crippen molar-refractivity contribution in [2.45, 2.75) is 58.3 Å². The van der Waals surface area contributed by atoms with Crippen LogP contribution < -0.4 is 0 Å². The number of benzene rings is 1. The molecular weight excluding hydrogens is 384 g/mol. The van der Waals surface area contributed by atoms with Gasteiger partial charge in [-0.05, 0) is 18.6 Å². The second kappa shape index (κ2) is 13.3. The van der Waals surface area contributed by atoms with E-state index in [-0.39, 0.29) is 17.7 Å². The summed E-state index contributed by atoms with van der Waals surface area (Å²) in [5, 5.41) is 0. The fraction of sp³-hybridized carbons (Fsp3) is 0.600. The van der Waals surface area contributed by atoms with Crippen LogP contribution in [0.15, 0.2) is 24.3 Å². The van der Waals surface area contributed by atoms with E-state index in [1.165, 1.54) is 44.2 Å². The summed E-state index contributed by atoms with van der Waals surface area (Å²) in [6.45, 7) is 1.96. The topological polar surface area (TPSA) is 107 Å². The fourth-order valence-corrected chi connectivity index (χ4v) is 2.93. The average Bonchev–Trinajstić information content (AvgIpc) is 2.65. The summed E-state index contributed by atoms with van der Waals surface area (Å²) in [6, 6.07) is 6.02. The lowest BCUT2D eigenvalue weighted by Gasteiger charge is -2.09. The van der Waals surface area contributed by atoms with E-state index in [0.29, 0.717) is 0 Å². The Morgan fingerprint density at radius 2 is 1.29 bits per heavy atom. The standard InChI is InChI=1S/C20H30O7S/c1-2-3-4-5-6-7-8-11-14-26-19(21)17-12-9-10-13-18(17)20(22)27-15-16-28(23,24)25/h9-10,12-13H,2-8,11,14-16H2,1H3,(H,23,24,25). The van der Waals surface area contributed by atoms with Gasteiger partial charge in [0.05, 0.1) is 17.7 Å². The van der Waals surface area contributed by atoms with Gasteiger partial charge in [0.15, 0.2) is 0 Å². The molecule has 0 aromatic heterocycles. The van der Waals surface area contributed by atoms with Crippen molar-refractivity contribution in [1.82, 2.24) is 0 Å². The van der Waals surface area contributed by atoms with Gasteiger partial charge in [-0.3, -0.25) is 4.55 Å². The lowest BCUT2D eigenvalue weighted by Crippen LogP contribution is -2.18. The van der Waals surface area contributed by atoms with Crippen LogP contribution >= 0.6 is 0 Å². The Morgan fingerprint density at radius 1 is 0.821 bits per heavy atom. The Labute approximate surface area is 167 Å². The van der Waals surface area contributed by atoms with Crippen LogP contribution in [0.2, 0.25) is 0 Å². The Kier molecular flexibility index (Phi) is 11.4. The molecule has 1 N–H and O–H groups in total. The smallest absolute Gasteiger partial charge is 0.339 e. The molecule has 0 bridgehead atoms. The zero-order valence-electron chi connectivity index (χ0n) is 16.4. The molecule has 0 aliphatic heterocycles. The molecule has 7 nitrogen and oxygen atoms in total. The molecule has 0 radical (unpaired) electrons. The van der Waals surface area contributed by atoms with Gasteiger partial charge in [-0.1, -0.05) is 64.0 Å². The first-order chi connectivity index (χ1) is 13.3. The number of hydrogen-bond donors (Lipinski definition) is 1. The van der Waals surface area contributed by atoms with Crippen LogP contribution in [0.5, 0.6) is 0 Å². The molecule has 0 amide bonds. The molecule has 0 unspecified atom stereocenters. The van der Waals surface area contributed by atoms with Gasteiger partial charge in [-0.15, -0.1) is 0 Å². The van der Waals surface area contributed by atoms with Gasteiger partial charge in [-0.2, -0.15) is 8.42 Å². The quantitative estimate of drug-likeness (QED) is 0.278. The fourth-order valence-electron chi connectivity index (χ4n) is 2.64. The van der Waals surface area contributed by atoms with E-state index in [2.05, 4.69) is 6.92 Å². The van der Waals surface area contributed by atoms with Crippen LogP contribution in [0.3, 0.4) is 0 Å². The number of esters is 2. The van der Waals surface area contributed by atoms with Crippen molar-refractivity contribution >= 4 is 22.1 Å². The van der Waals surface area contributed by atoms with E-state index in [1.807, 2.05) is 0 Å². The van der Waals surface area contributed by atoms with E-state index in [0.717, 1.165) is 19.3 Å². The highest BCUT2D eigenvalue weighted by molar-refractivity contribution is 7.85. The van der Waals surface area contributed by atoms with Crippen molar-refractivity contribution in [2.75, 3.05) is 19.0 Å². The highest BCUT2D eigenvalue weighted by Gasteiger charge is 2.19. The summed E-state index contributed by atoms with van der Waals surface area (Å²) in [6.07, 6.45) is 9.05. The van der Waals surface area contributed by atoms with E-state index >= 15 is 0 Å². The Hall–Kier alpha value is -1.93. The molecule has 0 spiro atoms. The third-order valence-corrected chi connectivity index (χ3v) is 4.85. The van der Waals surface area contributed by atoms with Crippen LogP contribution in [0.4, 0.5) is 0 Å². The molecule has 1 rings (SSSR count). The van der Waals surface area contributed by atoms with Gasteiger partial charge in [0.25, 0.3) is 10.1 Å². The second-order valence-electron chi connectivity index (χ2n) is 6.58. The van der Waals surface area contributed by atoms with Gasteiger partial charge in [0.2, 0.25) is 0 Å². The molecular formula is C20H30O7S. The van der Waals surface area contributed by atoms with Crippen LogP contribution in [0.1, 0.15) is 79.0 Å². The maximum atomic E-state index is 12.2. The molecule has 28 heavy (non-hydrogen) atoms. The largest absolute Gasteiger partial charge is 0.462 e. The number of carbonyl (C=O) groups excluding carboxylic acids is 2. The molecule has 0 saturated heterocycles. The van der Waals surface area contributed by atoms with Gasteiger partial charge >= 0.3 is 11.9 Å². The summed E-state index contributed by atoms with van der Waals surface area (Å²) in [5.74, 6) is -2.17. The minimum absolute atomic E-state index is 0.00115. The Morgan fingerprint density at radius 3 is 1.79 bits per heavy atom. The zero-order chi connectivity index (χ0) is 20.8. The number of ether oxygens (including phenoxy) is 2. The molecule has 0 aliphatic carbocycles. The first-order valence-electron chi connectivity index (χ1n) is 9.73. The Balaban J connectivity index is 2.40. The zero-order valence-corrected chi connectivity index (χ0v) is 17.2. The Bertz CT molecular complexity index is 713. The average molecular weight is 415 g/mol. The molecule has 0 aliphatic rings. The van der Waals surface area contributed by atoms with Crippen molar-refractivity contribution in [3.8, 4) is 0 Å². The van der Waals surface area contributed by atoms with Gasteiger partial charge in [0.1, 0.15) is 12.4 Å². The molecule has 0 atom stereocenters. The molecule has 0 saturated carbocycles. The van der Waals surface area contributed by atoms with Crippen LogP contribution in [-0.2, 0) is 19.6 Å². The van der Waals surface area contributed by atoms with Crippen molar-refractivity contribution in [3.63, 3.8) is 0 Å². The van der Waals surface area contributed by atoms with Crippen molar-refractivity contribution in [1.29, 1.82) is 0 Å². The van der Waals surface area contributed by atoms with Crippen LogP contribution in [-0.4, -0.2) is 43.9 Å². The summed E-state index contributed by atoms with van der Waals surface area (Å²) in [7, 11) is -4.22. The summed E-state index contributed by atoms with van der Waals surface area (Å²) < 4.78 is 40.1. The minimum Gasteiger partial charge on any atom is -0.462 e. The molecule has 1 aromatic rings. The minimum atomic E-state index is -4.22. The van der Waals surface area contributed by atoms with E-state index in [1.54, 1.807) is 12.1 Å². The van der Waals surface area contributed by atoms with Crippen molar-refractivity contribution in [3.05, 3.63) is 35.4 Å². The summed E-state index contributed by atoms with van der Waals surface area (Å²) in [4.78, 5) is 24.3. The maximum Gasteiger partial charge on any atom is 0.339 e. The van der Waals surface area contributed by atoms with Crippen LogP contribution in [0, 0.1) is 0 Å². The van der Waals surface area contributed by atoms with E-state index in [4.69, 9.17) is 14.0 Å². The molecule has 8 heteroatoms. The normalized spacial score (nSPS) is 11.2. The third kappa shape index (κ3) is 10.4. The first kappa shape index (κ1) is 24.1. The monoisotopic (exact) mass is 414 g/mol. The molecule has 0 heterocycles. The van der Waals surface area contributed by atoms with Gasteiger partial charge < -0.3 is 9.47 Å². The number of unbranched alkanes of at least 4 members (excludes halogenated alkanes) is 7. The van der Waals surface area contributed by atoms with E-state index < -0.39 is 34.4 Å².